The summed E-state index contributed by atoms with van der Waals surface area (Å²) >= 11 is 5.95. The van der Waals surface area contributed by atoms with Crippen molar-refractivity contribution in [1.82, 2.24) is 4.90 Å². The Morgan fingerprint density at radius 2 is 1.89 bits per heavy atom. The van der Waals surface area contributed by atoms with Gasteiger partial charge in [-0.1, -0.05) is 31.5 Å². The fraction of sp³-hybridized carbons (Fsp3) is 0.462. The van der Waals surface area contributed by atoms with Crippen LogP contribution in [0.15, 0.2) is 18.2 Å². The summed E-state index contributed by atoms with van der Waals surface area (Å²) in [4.78, 5) is 24.2. The summed E-state index contributed by atoms with van der Waals surface area (Å²) in [6.07, 6.45) is 1.66. The van der Waals surface area contributed by atoms with E-state index >= 15 is 0 Å². The van der Waals surface area contributed by atoms with Crippen molar-refractivity contribution in [2.75, 3.05) is 13.1 Å². The van der Waals surface area contributed by atoms with E-state index in [1.165, 1.54) is 18.2 Å². The number of nitro benzene ring substituents is 1. The van der Waals surface area contributed by atoms with E-state index < -0.39 is 4.92 Å². The van der Waals surface area contributed by atoms with Crippen molar-refractivity contribution >= 4 is 23.2 Å². The first kappa shape index (κ1) is 15.4. The first-order chi connectivity index (χ1) is 9.02. The lowest BCUT2D eigenvalue weighted by Crippen LogP contribution is -2.32. The highest BCUT2D eigenvalue weighted by Gasteiger charge is 2.23. The Bertz CT molecular complexity index is 471. The normalized spacial score (nSPS) is 10.3. The van der Waals surface area contributed by atoms with Crippen LogP contribution in [0.1, 0.15) is 37.0 Å². The number of benzene rings is 1. The van der Waals surface area contributed by atoms with Crippen molar-refractivity contribution in [2.45, 2.75) is 26.7 Å². The van der Waals surface area contributed by atoms with Crippen LogP contribution >= 0.6 is 11.6 Å². The molecule has 0 bridgehead atoms. The average Bonchev–Trinajstić information content (AvgIpc) is 2.37. The van der Waals surface area contributed by atoms with Gasteiger partial charge >= 0.3 is 0 Å². The number of halogens is 1. The fourth-order valence-electron chi connectivity index (χ4n) is 1.85. The Balaban J connectivity index is 3.10. The molecule has 6 heteroatoms. The third-order valence-electron chi connectivity index (χ3n) is 2.68. The van der Waals surface area contributed by atoms with Crippen LogP contribution in [0.2, 0.25) is 5.02 Å². The second-order valence-electron chi connectivity index (χ2n) is 4.19. The van der Waals surface area contributed by atoms with Crippen LogP contribution in [-0.4, -0.2) is 28.8 Å². The fourth-order valence-corrected chi connectivity index (χ4v) is 2.13. The zero-order valence-electron chi connectivity index (χ0n) is 11.1. The standard InChI is InChI=1S/C13H17ClN2O3/c1-3-8-15(9-4-2)13(17)10-6-5-7-11(12(10)14)16(18)19/h5-7H,3-4,8-9H2,1-2H3. The molecule has 19 heavy (non-hydrogen) atoms. The van der Waals surface area contributed by atoms with Gasteiger partial charge in [-0.2, -0.15) is 0 Å². The summed E-state index contributed by atoms with van der Waals surface area (Å²) in [6, 6.07) is 4.30. The van der Waals surface area contributed by atoms with Crippen molar-refractivity contribution in [2.24, 2.45) is 0 Å². The van der Waals surface area contributed by atoms with Gasteiger partial charge in [0.05, 0.1) is 10.5 Å². The molecule has 0 atom stereocenters. The molecule has 1 aromatic carbocycles. The van der Waals surface area contributed by atoms with E-state index in [4.69, 9.17) is 11.6 Å². The van der Waals surface area contributed by atoms with Crippen LogP contribution in [0.5, 0.6) is 0 Å². The van der Waals surface area contributed by atoms with Gasteiger partial charge in [0.25, 0.3) is 11.6 Å². The predicted octanol–water partition coefficient (Wildman–Crippen LogP) is 3.51. The number of hydrogen-bond acceptors (Lipinski definition) is 3. The monoisotopic (exact) mass is 284 g/mol. The number of hydrogen-bond donors (Lipinski definition) is 0. The van der Waals surface area contributed by atoms with E-state index in [1.54, 1.807) is 4.90 Å². The first-order valence-corrected chi connectivity index (χ1v) is 6.62. The molecule has 0 saturated carbocycles. The lowest BCUT2D eigenvalue weighted by Gasteiger charge is -2.21. The van der Waals surface area contributed by atoms with E-state index in [2.05, 4.69) is 0 Å². The average molecular weight is 285 g/mol. The Kier molecular flexibility index (Phi) is 5.76. The molecule has 0 spiro atoms. The Labute approximate surface area is 117 Å². The SMILES string of the molecule is CCCN(CCC)C(=O)c1cccc([N+](=O)[O-])c1Cl. The van der Waals surface area contributed by atoms with E-state index in [9.17, 15) is 14.9 Å². The second kappa shape index (κ2) is 7.09. The van der Waals surface area contributed by atoms with Crippen LogP contribution in [0.3, 0.4) is 0 Å². The van der Waals surface area contributed by atoms with Gasteiger partial charge in [0.2, 0.25) is 0 Å². The van der Waals surface area contributed by atoms with Crippen LogP contribution in [-0.2, 0) is 0 Å². The van der Waals surface area contributed by atoms with E-state index in [-0.39, 0.29) is 22.2 Å². The van der Waals surface area contributed by atoms with Gasteiger partial charge in [0.1, 0.15) is 5.02 Å². The maximum atomic E-state index is 12.3. The molecule has 0 aliphatic rings. The number of nitro groups is 1. The van der Waals surface area contributed by atoms with Gasteiger partial charge in [0, 0.05) is 19.2 Å². The zero-order valence-corrected chi connectivity index (χ0v) is 11.8. The Morgan fingerprint density at radius 1 is 1.32 bits per heavy atom. The smallest absolute Gasteiger partial charge is 0.288 e. The lowest BCUT2D eigenvalue weighted by molar-refractivity contribution is -0.384. The molecule has 0 aliphatic carbocycles. The molecule has 1 aromatic rings. The first-order valence-electron chi connectivity index (χ1n) is 6.25. The summed E-state index contributed by atoms with van der Waals surface area (Å²) in [6.45, 7) is 5.19. The molecule has 0 fully saturated rings. The molecule has 0 aromatic heterocycles. The topological polar surface area (TPSA) is 63.5 Å². The molecular weight excluding hydrogens is 268 g/mol. The van der Waals surface area contributed by atoms with E-state index in [0.717, 1.165) is 12.8 Å². The van der Waals surface area contributed by atoms with Crippen LogP contribution in [0.4, 0.5) is 5.69 Å². The minimum absolute atomic E-state index is 0.0882. The maximum Gasteiger partial charge on any atom is 0.288 e. The zero-order chi connectivity index (χ0) is 14.4. The van der Waals surface area contributed by atoms with Crippen molar-refractivity contribution < 1.29 is 9.72 Å². The summed E-state index contributed by atoms with van der Waals surface area (Å²) in [5, 5.41) is 10.7. The predicted molar refractivity (Wildman–Crippen MR) is 74.6 cm³/mol. The van der Waals surface area contributed by atoms with Crippen LogP contribution in [0.25, 0.3) is 0 Å². The second-order valence-corrected chi connectivity index (χ2v) is 4.57. The molecule has 104 valence electrons. The highest BCUT2D eigenvalue weighted by molar-refractivity contribution is 6.35. The van der Waals surface area contributed by atoms with E-state index in [0.29, 0.717) is 13.1 Å². The molecule has 0 N–H and O–H groups in total. The highest BCUT2D eigenvalue weighted by Crippen LogP contribution is 2.28. The summed E-state index contributed by atoms with van der Waals surface area (Å²) in [5.74, 6) is -0.252. The number of carbonyl (C=O) groups is 1. The molecule has 0 radical (unpaired) electrons. The third-order valence-corrected chi connectivity index (χ3v) is 3.08. The molecule has 1 amide bonds. The number of carbonyl (C=O) groups excluding carboxylic acids is 1. The van der Waals surface area contributed by atoms with E-state index in [1.807, 2.05) is 13.8 Å². The molecule has 0 saturated heterocycles. The maximum absolute atomic E-state index is 12.3. The minimum atomic E-state index is -0.580. The Morgan fingerprint density at radius 3 is 2.37 bits per heavy atom. The number of nitrogens with zero attached hydrogens (tertiary/aromatic N) is 2. The van der Waals surface area contributed by atoms with Gasteiger partial charge in [-0.15, -0.1) is 0 Å². The summed E-state index contributed by atoms with van der Waals surface area (Å²) in [7, 11) is 0. The third kappa shape index (κ3) is 3.67. The van der Waals surface area contributed by atoms with Crippen molar-refractivity contribution in [3.8, 4) is 0 Å². The molecule has 5 nitrogen and oxygen atoms in total. The summed E-state index contributed by atoms with van der Waals surface area (Å²) < 4.78 is 0. The molecule has 0 heterocycles. The van der Waals surface area contributed by atoms with Gasteiger partial charge in [-0.05, 0) is 18.9 Å². The molecule has 1 rings (SSSR count). The van der Waals surface area contributed by atoms with Gasteiger partial charge in [-0.3, -0.25) is 14.9 Å². The minimum Gasteiger partial charge on any atom is -0.339 e. The van der Waals surface area contributed by atoms with Crippen molar-refractivity contribution in [3.63, 3.8) is 0 Å². The largest absolute Gasteiger partial charge is 0.339 e. The highest BCUT2D eigenvalue weighted by atomic mass is 35.5. The molecule has 0 unspecified atom stereocenters. The van der Waals surface area contributed by atoms with Gasteiger partial charge in [0.15, 0.2) is 0 Å². The summed E-state index contributed by atoms with van der Waals surface area (Å²) in [5.41, 5.74) is -0.0433. The lowest BCUT2D eigenvalue weighted by atomic mass is 10.1. The molecular formula is C13H17ClN2O3. The number of rotatable bonds is 6. The van der Waals surface area contributed by atoms with Crippen LogP contribution < -0.4 is 0 Å². The van der Waals surface area contributed by atoms with Gasteiger partial charge in [-0.25, -0.2) is 0 Å². The van der Waals surface area contributed by atoms with Crippen LogP contribution in [0, 0.1) is 10.1 Å². The number of amides is 1. The Hall–Kier alpha value is -1.62. The quantitative estimate of drug-likeness (QED) is 0.593. The van der Waals surface area contributed by atoms with Crippen molar-refractivity contribution in [3.05, 3.63) is 38.9 Å². The van der Waals surface area contributed by atoms with Crippen molar-refractivity contribution in [1.29, 1.82) is 0 Å². The molecule has 0 aliphatic heterocycles. The van der Waals surface area contributed by atoms with Gasteiger partial charge < -0.3 is 4.90 Å².